The Hall–Kier alpha value is -7.23. The van der Waals surface area contributed by atoms with E-state index >= 15 is 0 Å². The number of methoxy groups -OCH3 is 3. The molecule has 0 spiro atoms. The maximum atomic E-state index is 13.9. The van der Waals surface area contributed by atoms with Crippen molar-refractivity contribution in [1.82, 2.24) is 4.98 Å². The second-order valence-electron chi connectivity index (χ2n) is 13.0. The van der Waals surface area contributed by atoms with Crippen molar-refractivity contribution in [3.63, 3.8) is 0 Å². The fourth-order valence-electron chi connectivity index (χ4n) is 6.56. The van der Waals surface area contributed by atoms with Crippen LogP contribution in [-0.2, 0) is 14.3 Å². The van der Waals surface area contributed by atoms with Crippen molar-refractivity contribution < 1.29 is 38.1 Å². The van der Waals surface area contributed by atoms with Gasteiger partial charge in [0.2, 0.25) is 17.6 Å². The second-order valence-corrected chi connectivity index (χ2v) is 14.2. The lowest BCUT2D eigenvalue weighted by atomic mass is 9.98. The van der Waals surface area contributed by atoms with Gasteiger partial charge in [-0.3, -0.25) is 14.4 Å². The molecule has 0 radical (unpaired) electrons. The molecule has 0 aliphatic carbocycles. The van der Waals surface area contributed by atoms with Crippen molar-refractivity contribution in [1.29, 1.82) is 5.26 Å². The van der Waals surface area contributed by atoms with Crippen LogP contribution in [0.4, 0.5) is 5.69 Å². The molecule has 1 aliphatic rings. The number of rotatable bonds is 13. The molecule has 1 unspecified atom stereocenters. The molecule has 1 atom stereocenters. The summed E-state index contributed by atoms with van der Waals surface area (Å²) in [5.41, 5.74) is 5.39. The highest BCUT2D eigenvalue weighted by atomic mass is 32.2. The van der Waals surface area contributed by atoms with E-state index in [1.807, 2.05) is 72.8 Å². The van der Waals surface area contributed by atoms with Crippen molar-refractivity contribution in [2.75, 3.05) is 32.8 Å². The molecule has 0 bridgehead atoms. The predicted molar refractivity (Wildman–Crippen MR) is 219 cm³/mol. The molecule has 11 nitrogen and oxygen atoms in total. The van der Waals surface area contributed by atoms with Gasteiger partial charge in [-0.1, -0.05) is 96.7 Å². The summed E-state index contributed by atoms with van der Waals surface area (Å²) < 4.78 is 22.0. The zero-order chi connectivity index (χ0) is 40.8. The van der Waals surface area contributed by atoms with Gasteiger partial charge in [-0.2, -0.15) is 5.26 Å². The van der Waals surface area contributed by atoms with Crippen LogP contribution in [0.15, 0.2) is 132 Å². The van der Waals surface area contributed by atoms with Gasteiger partial charge in [0.15, 0.2) is 23.9 Å². The lowest BCUT2D eigenvalue weighted by Crippen LogP contribution is -2.31. The van der Waals surface area contributed by atoms with Gasteiger partial charge in [0.1, 0.15) is 11.1 Å². The molecule has 0 saturated carbocycles. The minimum atomic E-state index is -0.900. The molecule has 58 heavy (non-hydrogen) atoms. The summed E-state index contributed by atoms with van der Waals surface area (Å²) >= 11 is 1.03. The number of nitriles is 1. The molecule has 7 rings (SSSR count). The average Bonchev–Trinajstić information content (AvgIpc) is 3.56. The zero-order valence-corrected chi connectivity index (χ0v) is 32.4. The molecular formula is C46H35N3O8S. The first-order valence-electron chi connectivity index (χ1n) is 18.0. The largest absolute Gasteiger partial charge is 0.493 e. The number of pyridine rings is 1. The van der Waals surface area contributed by atoms with Crippen LogP contribution >= 0.6 is 11.8 Å². The Labute approximate surface area is 338 Å². The highest BCUT2D eigenvalue weighted by molar-refractivity contribution is 8.00. The molecule has 6 aromatic rings. The topological polar surface area (TPSA) is 145 Å². The Balaban J connectivity index is 1.09. The van der Waals surface area contributed by atoms with E-state index in [0.29, 0.717) is 39.6 Å². The summed E-state index contributed by atoms with van der Waals surface area (Å²) in [5, 5.41) is 9.90. The number of anilines is 1. The lowest BCUT2D eigenvalue weighted by Gasteiger charge is -2.18. The number of imide groups is 1. The Morgan fingerprint density at radius 1 is 0.741 bits per heavy atom. The number of amides is 2. The number of ketones is 1. The fraction of sp³-hybridized carbons (Fsp3) is 0.130. The van der Waals surface area contributed by atoms with Gasteiger partial charge in [-0.05, 0) is 59.2 Å². The third-order valence-electron chi connectivity index (χ3n) is 9.51. The van der Waals surface area contributed by atoms with Crippen LogP contribution in [0.5, 0.6) is 17.2 Å². The van der Waals surface area contributed by atoms with Gasteiger partial charge in [0.25, 0.3) is 0 Å². The molecule has 5 aromatic carbocycles. The van der Waals surface area contributed by atoms with Crippen molar-refractivity contribution in [2.24, 2.45) is 0 Å². The molecule has 0 N–H and O–H groups in total. The number of nitrogens with zero attached hydrogens (tertiary/aromatic N) is 3. The number of hydrogen-bond donors (Lipinski definition) is 0. The Morgan fingerprint density at radius 3 is 1.91 bits per heavy atom. The zero-order valence-electron chi connectivity index (χ0n) is 31.6. The van der Waals surface area contributed by atoms with Gasteiger partial charge in [-0.25, -0.2) is 14.7 Å². The summed E-state index contributed by atoms with van der Waals surface area (Å²) in [6, 6.07) is 39.5. The van der Waals surface area contributed by atoms with E-state index in [9.17, 15) is 24.4 Å². The fourth-order valence-corrected chi connectivity index (χ4v) is 7.69. The first-order valence-corrected chi connectivity index (χ1v) is 18.9. The number of Topliss-reactive ketones (excluding diaryl/α,β-unsaturated/α-hetero) is 1. The highest BCUT2D eigenvalue weighted by Gasteiger charge is 2.41. The molecule has 1 fully saturated rings. The summed E-state index contributed by atoms with van der Waals surface area (Å²) in [5.74, 6) is -0.889. The van der Waals surface area contributed by atoms with E-state index in [1.165, 1.54) is 45.6 Å². The molecule has 1 saturated heterocycles. The number of aromatic nitrogens is 1. The van der Waals surface area contributed by atoms with Crippen LogP contribution in [0, 0.1) is 11.3 Å². The normalized spacial score (nSPS) is 13.5. The van der Waals surface area contributed by atoms with Gasteiger partial charge < -0.3 is 18.9 Å². The number of hydrogen-bond acceptors (Lipinski definition) is 11. The van der Waals surface area contributed by atoms with Crippen molar-refractivity contribution in [3.05, 3.63) is 144 Å². The monoisotopic (exact) mass is 789 g/mol. The van der Waals surface area contributed by atoms with E-state index < -0.39 is 29.6 Å². The molecule has 2 amide bonds. The van der Waals surface area contributed by atoms with Gasteiger partial charge in [0, 0.05) is 23.1 Å². The quantitative estimate of drug-likeness (QED) is 0.0631. The molecule has 1 aromatic heterocycles. The highest BCUT2D eigenvalue weighted by Crippen LogP contribution is 2.44. The van der Waals surface area contributed by atoms with Crippen molar-refractivity contribution in [2.45, 2.75) is 16.7 Å². The SMILES string of the molecule is COc1cc(-c2cc(-c3ccccc3)nc(SC3CC(=O)N(c4ccc(C(=O)OCC(=O)c5ccc(-c6ccccc6)cc5)cc4)C3=O)c2C#N)cc(OC)c1OC. The van der Waals surface area contributed by atoms with Crippen LogP contribution in [0.2, 0.25) is 0 Å². The van der Waals surface area contributed by atoms with Gasteiger partial charge in [-0.15, -0.1) is 0 Å². The van der Waals surface area contributed by atoms with E-state index in [0.717, 1.165) is 33.4 Å². The smallest absolute Gasteiger partial charge is 0.338 e. The van der Waals surface area contributed by atoms with Gasteiger partial charge >= 0.3 is 5.97 Å². The maximum absolute atomic E-state index is 13.9. The van der Waals surface area contributed by atoms with Gasteiger partial charge in [0.05, 0.1) is 49.1 Å². The van der Waals surface area contributed by atoms with Crippen LogP contribution < -0.4 is 19.1 Å². The summed E-state index contributed by atoms with van der Waals surface area (Å²) in [7, 11) is 4.50. The Kier molecular flexibility index (Phi) is 11.6. The lowest BCUT2D eigenvalue weighted by molar-refractivity contribution is -0.121. The van der Waals surface area contributed by atoms with Crippen LogP contribution in [-0.4, -0.2) is 61.7 Å². The van der Waals surface area contributed by atoms with E-state index in [4.69, 9.17) is 23.9 Å². The summed E-state index contributed by atoms with van der Waals surface area (Å²) in [6.45, 7) is -0.460. The maximum Gasteiger partial charge on any atom is 0.338 e. The Morgan fingerprint density at radius 2 is 1.33 bits per heavy atom. The first kappa shape index (κ1) is 39.0. The molecule has 2 heterocycles. The minimum Gasteiger partial charge on any atom is -0.493 e. The van der Waals surface area contributed by atoms with E-state index in [2.05, 4.69) is 6.07 Å². The predicted octanol–water partition coefficient (Wildman–Crippen LogP) is 8.44. The summed E-state index contributed by atoms with van der Waals surface area (Å²) in [4.78, 5) is 58.8. The number of ether oxygens (including phenoxy) is 4. The molecule has 288 valence electrons. The number of thioether (sulfide) groups is 1. The number of esters is 1. The number of benzene rings is 5. The minimum absolute atomic E-state index is 0.140. The average molecular weight is 790 g/mol. The number of carbonyl (C=O) groups is 4. The number of carbonyl (C=O) groups excluding carboxylic acids is 4. The summed E-state index contributed by atoms with van der Waals surface area (Å²) in [6.07, 6.45) is -0.149. The third kappa shape index (κ3) is 8.02. The molecular weight excluding hydrogens is 755 g/mol. The molecule has 12 heteroatoms. The van der Waals surface area contributed by atoms with Crippen molar-refractivity contribution >= 4 is 41.0 Å². The van der Waals surface area contributed by atoms with E-state index in [1.54, 1.807) is 30.3 Å². The van der Waals surface area contributed by atoms with Crippen LogP contribution in [0.25, 0.3) is 33.5 Å². The Bertz CT molecular complexity index is 2530. The van der Waals surface area contributed by atoms with Crippen LogP contribution in [0.1, 0.15) is 32.7 Å². The third-order valence-corrected chi connectivity index (χ3v) is 10.7. The second kappa shape index (κ2) is 17.3. The van der Waals surface area contributed by atoms with Crippen molar-refractivity contribution in [3.8, 4) is 56.8 Å². The first-order chi connectivity index (χ1) is 28.2. The standard InChI is InChI=1S/C46H35N3O8S/c1-54-39-22-33(23-40(55-2)43(39)56-3)35-24-37(30-12-8-5-9-13-30)48-44(36(35)26-47)58-41-25-42(51)49(45(41)52)34-20-18-32(19-21-34)46(53)57-27-38(50)31-16-14-29(15-17-31)28-10-6-4-7-11-28/h4-24,41H,25,27H2,1-3H3. The van der Waals surface area contributed by atoms with E-state index in [-0.39, 0.29) is 34.0 Å². The van der Waals surface area contributed by atoms with Crippen LogP contribution in [0.3, 0.4) is 0 Å². The molecule has 1 aliphatic heterocycles.